The Morgan fingerprint density at radius 3 is 2.45 bits per heavy atom. The highest BCUT2D eigenvalue weighted by molar-refractivity contribution is 9.10. The van der Waals surface area contributed by atoms with Crippen LogP contribution in [-0.4, -0.2) is 50.1 Å². The second kappa shape index (κ2) is 9.29. The quantitative estimate of drug-likeness (QED) is 0.499. The third-order valence-electron chi connectivity index (χ3n) is 4.95. The Balaban J connectivity index is 2.04. The molecule has 152 valence electrons. The summed E-state index contributed by atoms with van der Waals surface area (Å²) >= 11 is 3.39. The van der Waals surface area contributed by atoms with Crippen molar-refractivity contribution >= 4 is 33.4 Å². The Labute approximate surface area is 179 Å². The lowest BCUT2D eigenvalue weighted by atomic mass is 9.93. The van der Waals surface area contributed by atoms with Gasteiger partial charge in [0.1, 0.15) is 22.8 Å². The number of ether oxygens (including phenoxy) is 2. The molecule has 0 amide bonds. The van der Waals surface area contributed by atoms with Crippen molar-refractivity contribution in [2.45, 2.75) is 6.42 Å². The summed E-state index contributed by atoms with van der Waals surface area (Å²) < 4.78 is 11.8. The minimum absolute atomic E-state index is 0.109. The Kier molecular flexibility index (Phi) is 6.77. The van der Waals surface area contributed by atoms with Gasteiger partial charge in [0, 0.05) is 23.6 Å². The van der Waals surface area contributed by atoms with Crippen LogP contribution in [0.5, 0.6) is 17.2 Å². The number of halogens is 1. The zero-order valence-electron chi connectivity index (χ0n) is 16.7. The molecule has 1 N–H and O–H groups in total. The fraction of sp³-hybridized carbons (Fsp3) is 0.261. The standard InChI is InChI=1S/C23H24BrNO4/c1-25-12-10-16(11-13-25)21-19(28-2)14-20(29-3)22(23(21)27)18(26)9-6-15-4-7-17(24)8-5-15/h4-10,14,27H,11-13H2,1-3H3/b9-6+. The summed E-state index contributed by atoms with van der Waals surface area (Å²) in [6.45, 7) is 1.64. The van der Waals surface area contributed by atoms with Crippen LogP contribution in [0, 0.1) is 0 Å². The second-order valence-electron chi connectivity index (χ2n) is 6.87. The minimum atomic E-state index is -0.334. The zero-order valence-corrected chi connectivity index (χ0v) is 18.3. The molecule has 0 atom stereocenters. The monoisotopic (exact) mass is 457 g/mol. The van der Waals surface area contributed by atoms with Crippen molar-refractivity contribution in [3.8, 4) is 17.2 Å². The fourth-order valence-corrected chi connectivity index (χ4v) is 3.58. The lowest BCUT2D eigenvalue weighted by Gasteiger charge is -2.24. The second-order valence-corrected chi connectivity index (χ2v) is 7.79. The number of aromatic hydroxyl groups is 1. The molecule has 3 rings (SSSR count). The van der Waals surface area contributed by atoms with Gasteiger partial charge in [-0.15, -0.1) is 0 Å². The van der Waals surface area contributed by atoms with E-state index in [1.807, 2.05) is 31.3 Å². The van der Waals surface area contributed by atoms with E-state index < -0.39 is 0 Å². The first-order valence-corrected chi connectivity index (χ1v) is 10.1. The van der Waals surface area contributed by atoms with Gasteiger partial charge in [0.2, 0.25) is 0 Å². The van der Waals surface area contributed by atoms with Gasteiger partial charge in [0.05, 0.1) is 19.8 Å². The predicted octanol–water partition coefficient (Wildman–Crippen LogP) is 4.79. The number of carbonyl (C=O) groups excluding carboxylic acids is 1. The van der Waals surface area contributed by atoms with E-state index in [0.29, 0.717) is 11.3 Å². The third kappa shape index (κ3) is 4.71. The highest BCUT2D eigenvalue weighted by Gasteiger charge is 2.26. The molecule has 1 heterocycles. The van der Waals surface area contributed by atoms with Crippen molar-refractivity contribution in [3.63, 3.8) is 0 Å². The molecule has 0 radical (unpaired) electrons. The number of benzene rings is 2. The van der Waals surface area contributed by atoms with Crippen LogP contribution in [0.25, 0.3) is 11.6 Å². The van der Waals surface area contributed by atoms with Crippen LogP contribution >= 0.6 is 15.9 Å². The third-order valence-corrected chi connectivity index (χ3v) is 5.47. The molecule has 0 bridgehead atoms. The van der Waals surface area contributed by atoms with Crippen LogP contribution in [0.15, 0.2) is 47.0 Å². The largest absolute Gasteiger partial charge is 0.506 e. The number of ketones is 1. The minimum Gasteiger partial charge on any atom is -0.506 e. The molecule has 1 aliphatic heterocycles. The zero-order chi connectivity index (χ0) is 21.0. The Morgan fingerprint density at radius 2 is 1.86 bits per heavy atom. The van der Waals surface area contributed by atoms with Gasteiger partial charge in [-0.2, -0.15) is 0 Å². The van der Waals surface area contributed by atoms with Crippen molar-refractivity contribution in [1.29, 1.82) is 0 Å². The van der Waals surface area contributed by atoms with E-state index in [1.165, 1.54) is 13.2 Å². The number of hydrogen-bond donors (Lipinski definition) is 1. The van der Waals surface area contributed by atoms with Gasteiger partial charge in [-0.05, 0) is 42.8 Å². The van der Waals surface area contributed by atoms with E-state index in [9.17, 15) is 9.90 Å². The number of hydrogen-bond acceptors (Lipinski definition) is 5. The van der Waals surface area contributed by atoms with Crippen molar-refractivity contribution < 1.29 is 19.4 Å². The molecule has 29 heavy (non-hydrogen) atoms. The predicted molar refractivity (Wildman–Crippen MR) is 119 cm³/mol. The summed E-state index contributed by atoms with van der Waals surface area (Å²) in [6.07, 6.45) is 5.97. The molecular formula is C23H24BrNO4. The maximum Gasteiger partial charge on any atom is 0.193 e. The van der Waals surface area contributed by atoms with Gasteiger partial charge in [-0.25, -0.2) is 0 Å². The molecule has 2 aromatic rings. The maximum absolute atomic E-state index is 13.0. The molecule has 0 saturated carbocycles. The normalized spacial score (nSPS) is 14.7. The first kappa shape index (κ1) is 21.1. The van der Waals surface area contributed by atoms with Gasteiger partial charge in [0.15, 0.2) is 5.78 Å². The number of nitrogens with zero attached hydrogens (tertiary/aromatic N) is 1. The molecule has 0 saturated heterocycles. The molecule has 6 heteroatoms. The molecule has 0 fully saturated rings. The molecule has 2 aromatic carbocycles. The van der Waals surface area contributed by atoms with Crippen molar-refractivity contribution in [2.24, 2.45) is 0 Å². The molecule has 0 aliphatic carbocycles. The molecular weight excluding hydrogens is 434 g/mol. The van der Waals surface area contributed by atoms with E-state index in [2.05, 4.69) is 26.9 Å². The molecule has 5 nitrogen and oxygen atoms in total. The van der Waals surface area contributed by atoms with Crippen LogP contribution in [0.1, 0.15) is 27.9 Å². The number of phenolic OH excluding ortho intramolecular Hbond substituents is 1. The van der Waals surface area contributed by atoms with Gasteiger partial charge < -0.3 is 19.5 Å². The summed E-state index contributed by atoms with van der Waals surface area (Å²) in [4.78, 5) is 15.2. The van der Waals surface area contributed by atoms with E-state index in [0.717, 1.165) is 35.1 Å². The van der Waals surface area contributed by atoms with Crippen LogP contribution in [0.2, 0.25) is 0 Å². The van der Waals surface area contributed by atoms with E-state index in [-0.39, 0.29) is 22.8 Å². The van der Waals surface area contributed by atoms with Gasteiger partial charge in [-0.3, -0.25) is 4.79 Å². The summed E-state index contributed by atoms with van der Waals surface area (Å²) in [5.74, 6) is 0.327. The van der Waals surface area contributed by atoms with Gasteiger partial charge >= 0.3 is 0 Å². The first-order valence-electron chi connectivity index (χ1n) is 9.28. The van der Waals surface area contributed by atoms with Crippen LogP contribution in [0.4, 0.5) is 0 Å². The van der Waals surface area contributed by atoms with E-state index in [1.54, 1.807) is 19.3 Å². The Bertz CT molecular complexity index is 964. The number of carbonyl (C=O) groups is 1. The SMILES string of the molecule is COc1cc(OC)c(C2=CCN(C)CC2)c(O)c1C(=O)/C=C/c1ccc(Br)cc1. The summed E-state index contributed by atoms with van der Waals surface area (Å²) in [5.41, 5.74) is 2.54. The molecule has 0 spiro atoms. The van der Waals surface area contributed by atoms with Crippen molar-refractivity contribution in [1.82, 2.24) is 4.90 Å². The van der Waals surface area contributed by atoms with Crippen LogP contribution in [-0.2, 0) is 0 Å². The Hall–Kier alpha value is -2.57. The smallest absolute Gasteiger partial charge is 0.193 e. The van der Waals surface area contributed by atoms with E-state index in [4.69, 9.17) is 9.47 Å². The summed E-state index contributed by atoms with van der Waals surface area (Å²) in [7, 11) is 5.06. The lowest BCUT2D eigenvalue weighted by molar-refractivity contribution is 0.104. The first-order chi connectivity index (χ1) is 13.9. The van der Waals surface area contributed by atoms with Gasteiger partial charge in [-0.1, -0.05) is 40.2 Å². The van der Waals surface area contributed by atoms with Crippen molar-refractivity contribution in [2.75, 3.05) is 34.4 Å². The van der Waals surface area contributed by atoms with Gasteiger partial charge in [0.25, 0.3) is 0 Å². The fourth-order valence-electron chi connectivity index (χ4n) is 3.32. The topological polar surface area (TPSA) is 59.0 Å². The average Bonchev–Trinajstić information content (AvgIpc) is 2.73. The van der Waals surface area contributed by atoms with Crippen molar-refractivity contribution in [3.05, 3.63) is 63.6 Å². The molecule has 0 unspecified atom stereocenters. The number of rotatable bonds is 6. The number of allylic oxidation sites excluding steroid dienone is 1. The molecule has 0 aromatic heterocycles. The maximum atomic E-state index is 13.0. The molecule has 1 aliphatic rings. The lowest BCUT2D eigenvalue weighted by Crippen LogP contribution is -2.23. The highest BCUT2D eigenvalue weighted by atomic mass is 79.9. The Morgan fingerprint density at radius 1 is 1.17 bits per heavy atom. The summed E-state index contributed by atoms with van der Waals surface area (Å²) in [6, 6.07) is 9.26. The average molecular weight is 458 g/mol. The summed E-state index contributed by atoms with van der Waals surface area (Å²) in [5, 5.41) is 11.1. The highest BCUT2D eigenvalue weighted by Crippen LogP contribution is 2.44. The van der Waals surface area contributed by atoms with E-state index >= 15 is 0 Å². The number of likely N-dealkylation sites (N-methyl/N-ethyl adjacent to an activating group) is 1. The number of phenols is 1. The van der Waals surface area contributed by atoms with Crippen LogP contribution < -0.4 is 9.47 Å². The van der Waals surface area contributed by atoms with Crippen LogP contribution in [0.3, 0.4) is 0 Å². The number of methoxy groups -OCH3 is 2.